The second-order valence-corrected chi connectivity index (χ2v) is 14.6. The Morgan fingerprint density at radius 3 is 1.41 bits per heavy atom. The predicted octanol–water partition coefficient (Wildman–Crippen LogP) is 15.5. The summed E-state index contributed by atoms with van der Waals surface area (Å²) < 4.78 is 6.21. The van der Waals surface area contributed by atoms with Crippen molar-refractivity contribution in [3.63, 3.8) is 0 Å². The Balaban J connectivity index is 0.975. The van der Waals surface area contributed by atoms with Gasteiger partial charge in [0.25, 0.3) is 0 Å². The van der Waals surface area contributed by atoms with Crippen LogP contribution in [0.25, 0.3) is 87.6 Å². The maximum atomic E-state index is 6.21. The summed E-state index contributed by atoms with van der Waals surface area (Å²) in [4.78, 5) is 2.36. The number of benzene rings is 10. The van der Waals surface area contributed by atoms with E-state index in [1.54, 1.807) is 0 Å². The largest absolute Gasteiger partial charge is 0.456 e. The molecule has 56 heavy (non-hydrogen) atoms. The van der Waals surface area contributed by atoms with Gasteiger partial charge in [-0.3, -0.25) is 0 Å². The van der Waals surface area contributed by atoms with Crippen molar-refractivity contribution in [3.8, 4) is 33.6 Å². The lowest BCUT2D eigenvalue weighted by Crippen LogP contribution is -2.09. The van der Waals surface area contributed by atoms with Gasteiger partial charge in [-0.2, -0.15) is 0 Å². The Morgan fingerprint density at radius 1 is 0.268 bits per heavy atom. The van der Waals surface area contributed by atoms with Gasteiger partial charge in [0.1, 0.15) is 11.3 Å². The van der Waals surface area contributed by atoms with Crippen molar-refractivity contribution in [1.29, 1.82) is 0 Å². The summed E-state index contributed by atoms with van der Waals surface area (Å²) in [6.45, 7) is 0. The average molecular weight is 714 g/mol. The zero-order valence-corrected chi connectivity index (χ0v) is 30.6. The molecule has 11 aromatic rings. The Kier molecular flexibility index (Phi) is 7.53. The van der Waals surface area contributed by atoms with Gasteiger partial charge in [-0.15, -0.1) is 0 Å². The Bertz CT molecular complexity index is 3210. The van der Waals surface area contributed by atoms with Crippen molar-refractivity contribution in [3.05, 3.63) is 212 Å². The van der Waals surface area contributed by atoms with Crippen LogP contribution < -0.4 is 4.90 Å². The SMILES string of the molecule is c1cc(-c2ccc(N(c3ccc(-c4ccc5c(ccc6ccccc65)c4)cc3)c3ccc4c(ccc5ccccc54)c3)cc2)cc(-c2cc3ccccc3o2)c1. The molecule has 0 amide bonds. The van der Waals surface area contributed by atoms with Crippen molar-refractivity contribution in [1.82, 2.24) is 0 Å². The van der Waals surface area contributed by atoms with Gasteiger partial charge < -0.3 is 9.32 Å². The fourth-order valence-electron chi connectivity index (χ4n) is 8.36. The number of furan rings is 1. The summed E-state index contributed by atoms with van der Waals surface area (Å²) in [6.07, 6.45) is 0. The molecule has 0 aliphatic rings. The molecule has 0 saturated carbocycles. The van der Waals surface area contributed by atoms with Gasteiger partial charge in [0.05, 0.1) is 0 Å². The molecule has 2 nitrogen and oxygen atoms in total. The van der Waals surface area contributed by atoms with E-state index in [1.807, 2.05) is 18.2 Å². The highest BCUT2D eigenvalue weighted by molar-refractivity contribution is 6.09. The van der Waals surface area contributed by atoms with Crippen LogP contribution in [0.15, 0.2) is 217 Å². The van der Waals surface area contributed by atoms with E-state index in [-0.39, 0.29) is 0 Å². The minimum atomic E-state index is 0.876. The van der Waals surface area contributed by atoms with Crippen molar-refractivity contribution >= 4 is 71.1 Å². The first-order valence-corrected chi connectivity index (χ1v) is 19.2. The first kappa shape index (κ1) is 32.0. The van der Waals surface area contributed by atoms with Crippen LogP contribution >= 0.6 is 0 Å². The molecule has 11 rings (SSSR count). The van der Waals surface area contributed by atoms with Crippen LogP contribution in [0.5, 0.6) is 0 Å². The van der Waals surface area contributed by atoms with E-state index in [0.717, 1.165) is 50.5 Å². The number of rotatable bonds is 6. The summed E-state index contributed by atoms with van der Waals surface area (Å²) in [7, 11) is 0. The summed E-state index contributed by atoms with van der Waals surface area (Å²) in [6, 6.07) is 76.6. The van der Waals surface area contributed by atoms with E-state index in [9.17, 15) is 0 Å². The van der Waals surface area contributed by atoms with Crippen LogP contribution in [0.3, 0.4) is 0 Å². The molecule has 1 heterocycles. The monoisotopic (exact) mass is 713 g/mol. The molecule has 0 bridgehead atoms. The maximum Gasteiger partial charge on any atom is 0.135 e. The number of hydrogen-bond acceptors (Lipinski definition) is 2. The fourth-order valence-corrected chi connectivity index (χ4v) is 8.36. The predicted molar refractivity (Wildman–Crippen MR) is 237 cm³/mol. The molecule has 0 aliphatic carbocycles. The molecule has 0 radical (unpaired) electrons. The number of anilines is 3. The first-order chi connectivity index (χ1) is 27.7. The zero-order chi connectivity index (χ0) is 37.0. The molecular weight excluding hydrogens is 679 g/mol. The molecule has 10 aromatic carbocycles. The van der Waals surface area contributed by atoms with Gasteiger partial charge in [-0.1, -0.05) is 152 Å². The topological polar surface area (TPSA) is 16.4 Å². The summed E-state index contributed by atoms with van der Waals surface area (Å²) in [5.74, 6) is 0.876. The van der Waals surface area contributed by atoms with Gasteiger partial charge in [-0.25, -0.2) is 0 Å². The summed E-state index contributed by atoms with van der Waals surface area (Å²) in [5, 5.41) is 11.2. The van der Waals surface area contributed by atoms with Crippen LogP contribution in [-0.4, -0.2) is 0 Å². The van der Waals surface area contributed by atoms with Gasteiger partial charge in [0.15, 0.2) is 0 Å². The molecule has 0 atom stereocenters. The van der Waals surface area contributed by atoms with Gasteiger partial charge in [0, 0.05) is 28.0 Å². The Hall–Kier alpha value is -7.42. The average Bonchev–Trinajstić information content (AvgIpc) is 3.71. The van der Waals surface area contributed by atoms with E-state index in [4.69, 9.17) is 4.42 Å². The van der Waals surface area contributed by atoms with Gasteiger partial charge >= 0.3 is 0 Å². The van der Waals surface area contributed by atoms with Gasteiger partial charge in [-0.05, 0) is 126 Å². The van der Waals surface area contributed by atoms with Crippen molar-refractivity contribution in [2.24, 2.45) is 0 Å². The molecule has 0 aliphatic heterocycles. The smallest absolute Gasteiger partial charge is 0.135 e. The van der Waals surface area contributed by atoms with E-state index >= 15 is 0 Å². The maximum absolute atomic E-state index is 6.21. The minimum Gasteiger partial charge on any atom is -0.456 e. The highest BCUT2D eigenvalue weighted by atomic mass is 16.3. The number of fused-ring (bicyclic) bond motifs is 7. The second-order valence-electron chi connectivity index (χ2n) is 14.6. The molecule has 1 aromatic heterocycles. The lowest BCUT2D eigenvalue weighted by molar-refractivity contribution is 0.631. The molecule has 0 saturated heterocycles. The van der Waals surface area contributed by atoms with Crippen LogP contribution in [0, 0.1) is 0 Å². The molecule has 0 N–H and O–H groups in total. The Morgan fingerprint density at radius 2 is 0.750 bits per heavy atom. The van der Waals surface area contributed by atoms with Crippen molar-refractivity contribution in [2.45, 2.75) is 0 Å². The number of para-hydroxylation sites is 1. The summed E-state index contributed by atoms with van der Waals surface area (Å²) >= 11 is 0. The van der Waals surface area contributed by atoms with Crippen LogP contribution in [0.2, 0.25) is 0 Å². The third kappa shape index (κ3) is 5.59. The lowest BCUT2D eigenvalue weighted by atomic mass is 9.97. The van der Waals surface area contributed by atoms with E-state index < -0.39 is 0 Å². The second kappa shape index (κ2) is 13.2. The fraction of sp³-hybridized carbons (Fsp3) is 0. The minimum absolute atomic E-state index is 0.876. The van der Waals surface area contributed by atoms with Crippen molar-refractivity contribution in [2.75, 3.05) is 4.90 Å². The van der Waals surface area contributed by atoms with Crippen LogP contribution in [-0.2, 0) is 0 Å². The molecule has 0 spiro atoms. The van der Waals surface area contributed by atoms with E-state index in [2.05, 4.69) is 199 Å². The molecular formula is C54H35NO. The lowest BCUT2D eigenvalue weighted by Gasteiger charge is -2.26. The standard InChI is InChI=1S/C54H35NO/c1-4-13-49-38(8-1)16-18-42-32-41(24-30-51(42)49)37-22-27-47(28-23-37)55(48-29-31-52-43(34-48)19-17-39-9-2-5-14-50(39)52)46-25-20-36(21-26-46)40-11-7-12-44(33-40)54-35-45-10-3-6-15-53(45)56-54/h1-35H. The summed E-state index contributed by atoms with van der Waals surface area (Å²) in [5.41, 5.74) is 9.95. The van der Waals surface area contributed by atoms with Crippen LogP contribution in [0.4, 0.5) is 17.1 Å². The third-order valence-corrected chi connectivity index (χ3v) is 11.2. The normalized spacial score (nSPS) is 11.6. The molecule has 262 valence electrons. The van der Waals surface area contributed by atoms with Crippen LogP contribution in [0.1, 0.15) is 0 Å². The molecule has 2 heteroatoms. The van der Waals surface area contributed by atoms with Gasteiger partial charge in [0.2, 0.25) is 0 Å². The highest BCUT2D eigenvalue weighted by Crippen LogP contribution is 2.40. The quantitative estimate of drug-likeness (QED) is 0.160. The molecule has 0 unspecified atom stereocenters. The van der Waals surface area contributed by atoms with Crippen molar-refractivity contribution < 1.29 is 4.42 Å². The van der Waals surface area contributed by atoms with E-state index in [0.29, 0.717) is 0 Å². The number of hydrogen-bond donors (Lipinski definition) is 0. The zero-order valence-electron chi connectivity index (χ0n) is 30.6. The highest BCUT2D eigenvalue weighted by Gasteiger charge is 2.16. The molecule has 0 fully saturated rings. The number of nitrogens with zero attached hydrogens (tertiary/aromatic N) is 1. The first-order valence-electron chi connectivity index (χ1n) is 19.2. The Labute approximate surface area is 325 Å². The third-order valence-electron chi connectivity index (χ3n) is 11.2. The van der Waals surface area contributed by atoms with E-state index in [1.165, 1.54) is 54.2 Å².